The van der Waals surface area contributed by atoms with Crippen LogP contribution in [0.1, 0.15) is 24.1 Å². The number of hydrogen-bond acceptors (Lipinski definition) is 2. The first kappa shape index (κ1) is 9.21. The van der Waals surface area contributed by atoms with Crippen LogP contribution in [0.4, 0.5) is 0 Å². The molecular formula is C11H15N3. The van der Waals surface area contributed by atoms with E-state index >= 15 is 0 Å². The third kappa shape index (κ3) is 1.30. The molecule has 0 fully saturated rings. The van der Waals surface area contributed by atoms with E-state index in [0.717, 1.165) is 11.2 Å². The van der Waals surface area contributed by atoms with Gasteiger partial charge in [0.2, 0.25) is 0 Å². The van der Waals surface area contributed by atoms with Crippen molar-refractivity contribution < 1.29 is 0 Å². The number of nitrogens with zero attached hydrogens (tertiary/aromatic N) is 1. The highest BCUT2D eigenvalue weighted by Gasteiger charge is 2.12. The summed E-state index contributed by atoms with van der Waals surface area (Å²) >= 11 is 0. The van der Waals surface area contributed by atoms with Crippen molar-refractivity contribution >= 4 is 10.9 Å². The molecule has 0 aliphatic heterocycles. The van der Waals surface area contributed by atoms with Crippen LogP contribution in [-0.2, 0) is 0 Å². The van der Waals surface area contributed by atoms with E-state index in [4.69, 9.17) is 5.73 Å². The summed E-state index contributed by atoms with van der Waals surface area (Å²) in [5.74, 6) is 0.334. The molecule has 74 valence electrons. The quantitative estimate of drug-likeness (QED) is 0.758. The molecule has 0 spiro atoms. The molecule has 0 radical (unpaired) electrons. The lowest BCUT2D eigenvalue weighted by atomic mass is 10.0. The number of benzene rings is 1. The predicted molar refractivity (Wildman–Crippen MR) is 58.3 cm³/mol. The molecule has 2 aromatic rings. The lowest BCUT2D eigenvalue weighted by molar-refractivity contribution is 0.744. The fourth-order valence-corrected chi connectivity index (χ4v) is 1.75. The highest BCUT2D eigenvalue weighted by Crippen LogP contribution is 2.25. The van der Waals surface area contributed by atoms with E-state index in [0.29, 0.717) is 12.5 Å². The van der Waals surface area contributed by atoms with Crippen molar-refractivity contribution in [3.63, 3.8) is 0 Å². The smallest absolute Gasteiger partial charge is 0.0926 e. The van der Waals surface area contributed by atoms with E-state index in [1.807, 2.05) is 12.1 Å². The maximum absolute atomic E-state index is 5.66. The largest absolute Gasteiger partial charge is 0.330 e. The van der Waals surface area contributed by atoms with E-state index in [2.05, 4.69) is 30.1 Å². The Kier molecular flexibility index (Phi) is 2.25. The van der Waals surface area contributed by atoms with Gasteiger partial charge in [0.1, 0.15) is 0 Å². The molecule has 2 rings (SSSR count). The fourth-order valence-electron chi connectivity index (χ4n) is 1.75. The first-order valence-corrected chi connectivity index (χ1v) is 4.87. The van der Waals surface area contributed by atoms with Gasteiger partial charge in [0.05, 0.1) is 5.52 Å². The van der Waals surface area contributed by atoms with Gasteiger partial charge in [0, 0.05) is 23.5 Å². The molecule has 3 heteroatoms. The van der Waals surface area contributed by atoms with Crippen molar-refractivity contribution in [1.82, 2.24) is 10.2 Å². The van der Waals surface area contributed by atoms with Crippen LogP contribution in [0.2, 0.25) is 0 Å². The minimum absolute atomic E-state index is 0.334. The highest BCUT2D eigenvalue weighted by atomic mass is 15.1. The number of fused-ring (bicyclic) bond motifs is 1. The molecule has 1 heterocycles. The fraction of sp³-hybridized carbons (Fsp3) is 0.364. The number of rotatable bonds is 2. The summed E-state index contributed by atoms with van der Waals surface area (Å²) in [6, 6.07) is 6.14. The average Bonchev–Trinajstić information content (AvgIpc) is 2.62. The summed E-state index contributed by atoms with van der Waals surface area (Å²) in [6.07, 6.45) is 0. The molecular weight excluding hydrogens is 174 g/mol. The van der Waals surface area contributed by atoms with E-state index in [-0.39, 0.29) is 0 Å². The molecule has 1 atom stereocenters. The third-order valence-corrected chi connectivity index (χ3v) is 2.66. The van der Waals surface area contributed by atoms with Crippen molar-refractivity contribution in [3.8, 4) is 0 Å². The van der Waals surface area contributed by atoms with Gasteiger partial charge in [-0.2, -0.15) is 5.10 Å². The van der Waals surface area contributed by atoms with Crippen molar-refractivity contribution in [1.29, 1.82) is 0 Å². The molecule has 1 aromatic carbocycles. The summed E-state index contributed by atoms with van der Waals surface area (Å²) in [5.41, 5.74) is 9.09. The first-order valence-electron chi connectivity index (χ1n) is 4.87. The Morgan fingerprint density at radius 1 is 1.50 bits per heavy atom. The van der Waals surface area contributed by atoms with Gasteiger partial charge >= 0.3 is 0 Å². The minimum atomic E-state index is 0.334. The number of aryl methyl sites for hydroxylation is 1. The SMILES string of the molecule is Cc1cccc2n[nH]c(C(C)CN)c12. The Hall–Kier alpha value is -1.35. The van der Waals surface area contributed by atoms with Gasteiger partial charge in [-0.1, -0.05) is 19.1 Å². The standard InChI is InChI=1S/C11H15N3/c1-7-4-3-5-9-10(7)11(14-13-9)8(2)6-12/h3-5,8H,6,12H2,1-2H3,(H,13,14). The number of H-pyrrole nitrogens is 1. The zero-order chi connectivity index (χ0) is 10.1. The van der Waals surface area contributed by atoms with Crippen molar-refractivity contribution in [2.75, 3.05) is 6.54 Å². The zero-order valence-electron chi connectivity index (χ0n) is 8.54. The molecule has 14 heavy (non-hydrogen) atoms. The number of aromatic nitrogens is 2. The summed E-state index contributed by atoms with van der Waals surface area (Å²) in [4.78, 5) is 0. The lowest BCUT2D eigenvalue weighted by Crippen LogP contribution is -2.09. The summed E-state index contributed by atoms with van der Waals surface area (Å²) in [7, 11) is 0. The number of nitrogens with one attached hydrogen (secondary N) is 1. The summed E-state index contributed by atoms with van der Waals surface area (Å²) < 4.78 is 0. The molecule has 0 saturated carbocycles. The second kappa shape index (κ2) is 3.42. The molecule has 1 aromatic heterocycles. The van der Waals surface area contributed by atoms with Crippen LogP contribution >= 0.6 is 0 Å². The second-order valence-electron chi connectivity index (χ2n) is 3.74. The van der Waals surface area contributed by atoms with Gasteiger partial charge in [-0.05, 0) is 18.6 Å². The van der Waals surface area contributed by atoms with Gasteiger partial charge in [-0.3, -0.25) is 5.10 Å². The van der Waals surface area contributed by atoms with Crippen molar-refractivity contribution in [3.05, 3.63) is 29.5 Å². The van der Waals surface area contributed by atoms with E-state index in [1.54, 1.807) is 0 Å². The Morgan fingerprint density at radius 2 is 2.29 bits per heavy atom. The van der Waals surface area contributed by atoms with Gasteiger partial charge in [0.15, 0.2) is 0 Å². The molecule has 3 nitrogen and oxygen atoms in total. The van der Waals surface area contributed by atoms with Crippen LogP contribution < -0.4 is 5.73 Å². The maximum atomic E-state index is 5.66. The van der Waals surface area contributed by atoms with E-state index in [9.17, 15) is 0 Å². The maximum Gasteiger partial charge on any atom is 0.0926 e. The zero-order valence-corrected chi connectivity index (χ0v) is 8.54. The minimum Gasteiger partial charge on any atom is -0.330 e. The summed E-state index contributed by atoms with van der Waals surface area (Å²) in [6.45, 7) is 4.86. The van der Waals surface area contributed by atoms with Crippen LogP contribution in [-0.4, -0.2) is 16.7 Å². The molecule has 1 unspecified atom stereocenters. The van der Waals surface area contributed by atoms with Crippen molar-refractivity contribution in [2.45, 2.75) is 19.8 Å². The van der Waals surface area contributed by atoms with Crippen LogP contribution in [0.5, 0.6) is 0 Å². The molecule has 0 bridgehead atoms. The van der Waals surface area contributed by atoms with Crippen LogP contribution in [0.25, 0.3) is 10.9 Å². The normalized spacial score (nSPS) is 13.4. The third-order valence-electron chi connectivity index (χ3n) is 2.66. The molecule has 0 aliphatic carbocycles. The Bertz CT molecular complexity index is 445. The topological polar surface area (TPSA) is 54.7 Å². The Balaban J connectivity index is 2.67. The Morgan fingerprint density at radius 3 is 3.00 bits per heavy atom. The predicted octanol–water partition coefficient (Wildman–Crippen LogP) is 1.93. The van der Waals surface area contributed by atoms with Crippen molar-refractivity contribution in [2.24, 2.45) is 5.73 Å². The van der Waals surface area contributed by atoms with Gasteiger partial charge in [-0.25, -0.2) is 0 Å². The van der Waals surface area contributed by atoms with E-state index < -0.39 is 0 Å². The molecule has 0 aliphatic rings. The van der Waals surface area contributed by atoms with E-state index in [1.165, 1.54) is 10.9 Å². The second-order valence-corrected chi connectivity index (χ2v) is 3.74. The lowest BCUT2D eigenvalue weighted by Gasteiger charge is -2.06. The highest BCUT2D eigenvalue weighted by molar-refractivity contribution is 5.85. The average molecular weight is 189 g/mol. The number of hydrogen-bond donors (Lipinski definition) is 2. The number of aromatic amines is 1. The molecule has 0 amide bonds. The van der Waals surface area contributed by atoms with Crippen LogP contribution in [0.15, 0.2) is 18.2 Å². The molecule has 3 N–H and O–H groups in total. The first-order chi connectivity index (χ1) is 6.74. The Labute approximate surface area is 83.3 Å². The van der Waals surface area contributed by atoms with Gasteiger partial charge in [-0.15, -0.1) is 0 Å². The number of nitrogens with two attached hydrogens (primary N) is 1. The van der Waals surface area contributed by atoms with Gasteiger partial charge < -0.3 is 5.73 Å². The molecule has 0 saturated heterocycles. The van der Waals surface area contributed by atoms with Crippen LogP contribution in [0.3, 0.4) is 0 Å². The van der Waals surface area contributed by atoms with Gasteiger partial charge in [0.25, 0.3) is 0 Å². The summed E-state index contributed by atoms with van der Waals surface area (Å²) in [5, 5.41) is 8.57. The van der Waals surface area contributed by atoms with Crippen LogP contribution in [0, 0.1) is 6.92 Å². The monoisotopic (exact) mass is 189 g/mol.